The molecule has 0 aliphatic carbocycles. The predicted octanol–water partition coefficient (Wildman–Crippen LogP) is 3.77. The molecule has 0 bridgehead atoms. The zero-order valence-corrected chi connectivity index (χ0v) is 10.7. The van der Waals surface area contributed by atoms with Gasteiger partial charge in [0.1, 0.15) is 9.77 Å². The Morgan fingerprint density at radius 2 is 2.00 bits per heavy atom. The van der Waals surface area contributed by atoms with Crippen LogP contribution in [0.1, 0.15) is 5.56 Å². The molecule has 2 rings (SSSR count). The van der Waals surface area contributed by atoms with Crippen LogP contribution >= 0.6 is 22.6 Å². The smallest absolute Gasteiger partial charge is 0.258 e. The van der Waals surface area contributed by atoms with Crippen molar-refractivity contribution in [2.75, 3.05) is 0 Å². The largest absolute Gasteiger partial charge is 0.416 e. The first-order valence-electron chi connectivity index (χ1n) is 4.60. The van der Waals surface area contributed by atoms with Crippen molar-refractivity contribution in [3.63, 3.8) is 0 Å². The molecule has 1 heterocycles. The van der Waals surface area contributed by atoms with Crippen LogP contribution in [0.25, 0.3) is 10.9 Å². The molecule has 8 heteroatoms. The standard InChI is InChI=1S/C10H4F3IN2O2/c11-10(12,13)5-1-2-6-7(3-5)15-4-8(9(6)14)16(17)18/h1-4H. The Hall–Kier alpha value is -1.45. The summed E-state index contributed by atoms with van der Waals surface area (Å²) in [5.74, 6) is 0. The van der Waals surface area contributed by atoms with Crippen LogP contribution < -0.4 is 0 Å². The molecule has 0 radical (unpaired) electrons. The second kappa shape index (κ2) is 4.34. The maximum atomic E-state index is 12.5. The molecule has 0 amide bonds. The summed E-state index contributed by atoms with van der Waals surface area (Å²) in [5, 5.41) is 11.0. The number of nitro groups is 1. The zero-order chi connectivity index (χ0) is 13.5. The highest BCUT2D eigenvalue weighted by Crippen LogP contribution is 2.33. The van der Waals surface area contributed by atoms with Gasteiger partial charge in [0, 0.05) is 5.39 Å². The van der Waals surface area contributed by atoms with Crippen molar-refractivity contribution in [1.29, 1.82) is 0 Å². The summed E-state index contributed by atoms with van der Waals surface area (Å²) in [6, 6.07) is 2.96. The van der Waals surface area contributed by atoms with Crippen molar-refractivity contribution in [3.8, 4) is 0 Å². The zero-order valence-electron chi connectivity index (χ0n) is 8.53. The highest BCUT2D eigenvalue weighted by atomic mass is 127. The first-order valence-corrected chi connectivity index (χ1v) is 5.68. The number of fused-ring (bicyclic) bond motifs is 1. The highest BCUT2D eigenvalue weighted by Gasteiger charge is 2.31. The molecular weight excluding hydrogens is 364 g/mol. The molecule has 0 N–H and O–H groups in total. The Kier molecular flexibility index (Phi) is 3.13. The molecule has 4 nitrogen and oxygen atoms in total. The van der Waals surface area contributed by atoms with Crippen LogP contribution in [0.5, 0.6) is 0 Å². The Morgan fingerprint density at radius 1 is 1.33 bits per heavy atom. The van der Waals surface area contributed by atoms with E-state index in [1.807, 2.05) is 0 Å². The molecule has 0 aliphatic heterocycles. The second-order valence-electron chi connectivity index (χ2n) is 3.44. The molecule has 0 atom stereocenters. The van der Waals surface area contributed by atoms with Crippen molar-refractivity contribution in [3.05, 3.63) is 43.6 Å². The number of rotatable bonds is 1. The summed E-state index contributed by atoms with van der Waals surface area (Å²) in [6.07, 6.45) is -3.49. The Bertz CT molecular complexity index is 643. The quantitative estimate of drug-likeness (QED) is 0.438. The van der Waals surface area contributed by atoms with Gasteiger partial charge in [0.25, 0.3) is 0 Å². The van der Waals surface area contributed by atoms with Crippen molar-refractivity contribution in [2.24, 2.45) is 0 Å². The van der Waals surface area contributed by atoms with Crippen molar-refractivity contribution >= 4 is 39.2 Å². The fourth-order valence-corrected chi connectivity index (χ4v) is 2.25. The van der Waals surface area contributed by atoms with Gasteiger partial charge in [-0.05, 0) is 34.7 Å². The third-order valence-electron chi connectivity index (χ3n) is 2.31. The fourth-order valence-electron chi connectivity index (χ4n) is 1.45. The SMILES string of the molecule is O=[N+]([O-])c1cnc2cc(C(F)(F)F)ccc2c1I. The lowest BCUT2D eigenvalue weighted by molar-refractivity contribution is -0.386. The number of alkyl halides is 3. The predicted molar refractivity (Wildman–Crippen MR) is 66.1 cm³/mol. The van der Waals surface area contributed by atoms with Gasteiger partial charge >= 0.3 is 11.9 Å². The van der Waals surface area contributed by atoms with E-state index in [0.29, 0.717) is 5.39 Å². The lowest BCUT2D eigenvalue weighted by Gasteiger charge is -2.08. The Balaban J connectivity index is 2.69. The highest BCUT2D eigenvalue weighted by molar-refractivity contribution is 14.1. The lowest BCUT2D eigenvalue weighted by Crippen LogP contribution is -2.05. The molecule has 1 aromatic heterocycles. The van der Waals surface area contributed by atoms with Gasteiger partial charge in [-0.25, -0.2) is 4.98 Å². The van der Waals surface area contributed by atoms with E-state index < -0.39 is 16.7 Å². The fraction of sp³-hybridized carbons (Fsp3) is 0.100. The monoisotopic (exact) mass is 368 g/mol. The van der Waals surface area contributed by atoms with Gasteiger partial charge in [-0.2, -0.15) is 13.2 Å². The summed E-state index contributed by atoms with van der Waals surface area (Å²) in [5.41, 5.74) is -0.963. The third kappa shape index (κ3) is 2.24. The third-order valence-corrected chi connectivity index (χ3v) is 3.44. The van der Waals surface area contributed by atoms with Gasteiger partial charge < -0.3 is 0 Å². The molecule has 0 spiro atoms. The number of nitrogens with zero attached hydrogens (tertiary/aromatic N) is 2. The number of hydrogen-bond acceptors (Lipinski definition) is 3. The lowest BCUT2D eigenvalue weighted by atomic mass is 10.1. The first-order chi connectivity index (χ1) is 8.30. The maximum Gasteiger partial charge on any atom is 0.416 e. The second-order valence-corrected chi connectivity index (χ2v) is 4.52. The number of hydrogen-bond donors (Lipinski definition) is 0. The molecule has 0 unspecified atom stereocenters. The van der Waals surface area contributed by atoms with Crippen LogP contribution in [0.15, 0.2) is 24.4 Å². The number of aromatic nitrogens is 1. The molecule has 94 valence electrons. The van der Waals surface area contributed by atoms with E-state index in [1.165, 1.54) is 6.07 Å². The average Bonchev–Trinajstić information content (AvgIpc) is 2.27. The normalized spacial score (nSPS) is 11.8. The molecule has 0 aliphatic rings. The van der Waals surface area contributed by atoms with E-state index in [-0.39, 0.29) is 14.8 Å². The van der Waals surface area contributed by atoms with Crippen molar-refractivity contribution in [2.45, 2.75) is 6.18 Å². The Labute approximate surface area is 112 Å². The van der Waals surface area contributed by atoms with Crippen LogP contribution in [0, 0.1) is 13.7 Å². The van der Waals surface area contributed by atoms with Gasteiger partial charge in [0.05, 0.1) is 16.0 Å². The van der Waals surface area contributed by atoms with Gasteiger partial charge in [0.15, 0.2) is 0 Å². The maximum absolute atomic E-state index is 12.5. The number of pyridine rings is 1. The van der Waals surface area contributed by atoms with Crippen molar-refractivity contribution in [1.82, 2.24) is 4.98 Å². The molecule has 0 fully saturated rings. The van der Waals surface area contributed by atoms with Gasteiger partial charge in [-0.3, -0.25) is 10.1 Å². The molecule has 0 saturated heterocycles. The minimum Gasteiger partial charge on any atom is -0.258 e. The average molecular weight is 368 g/mol. The molecule has 2 aromatic rings. The molecule has 18 heavy (non-hydrogen) atoms. The number of halogens is 4. The summed E-state index contributed by atoms with van der Waals surface area (Å²) < 4.78 is 37.7. The summed E-state index contributed by atoms with van der Waals surface area (Å²) in [7, 11) is 0. The van der Waals surface area contributed by atoms with Gasteiger partial charge in [0.2, 0.25) is 0 Å². The summed E-state index contributed by atoms with van der Waals surface area (Å²) >= 11 is 1.72. The van der Waals surface area contributed by atoms with Crippen LogP contribution in [0.2, 0.25) is 0 Å². The van der Waals surface area contributed by atoms with E-state index in [0.717, 1.165) is 18.3 Å². The van der Waals surface area contributed by atoms with Gasteiger partial charge in [-0.1, -0.05) is 6.07 Å². The molecular formula is C10H4F3IN2O2. The summed E-state index contributed by atoms with van der Waals surface area (Å²) in [6.45, 7) is 0. The van der Waals surface area contributed by atoms with Crippen molar-refractivity contribution < 1.29 is 18.1 Å². The number of benzene rings is 1. The molecule has 0 saturated carbocycles. The molecule has 1 aromatic carbocycles. The van der Waals surface area contributed by atoms with Crippen LogP contribution in [0.4, 0.5) is 18.9 Å². The van der Waals surface area contributed by atoms with E-state index in [9.17, 15) is 23.3 Å². The van der Waals surface area contributed by atoms with Crippen LogP contribution in [-0.2, 0) is 6.18 Å². The van der Waals surface area contributed by atoms with Crippen LogP contribution in [-0.4, -0.2) is 9.91 Å². The Morgan fingerprint density at radius 3 is 2.56 bits per heavy atom. The van der Waals surface area contributed by atoms with E-state index >= 15 is 0 Å². The summed E-state index contributed by atoms with van der Waals surface area (Å²) in [4.78, 5) is 13.7. The van der Waals surface area contributed by atoms with E-state index in [4.69, 9.17) is 0 Å². The van der Waals surface area contributed by atoms with Crippen LogP contribution in [0.3, 0.4) is 0 Å². The van der Waals surface area contributed by atoms with Gasteiger partial charge in [-0.15, -0.1) is 0 Å². The topological polar surface area (TPSA) is 56.0 Å². The first kappa shape index (κ1) is 13.0. The van der Waals surface area contributed by atoms with E-state index in [1.54, 1.807) is 22.6 Å². The van der Waals surface area contributed by atoms with E-state index in [2.05, 4.69) is 4.98 Å². The minimum absolute atomic E-state index is 0.0832. The minimum atomic E-state index is -4.46.